The summed E-state index contributed by atoms with van der Waals surface area (Å²) in [5.74, 6) is -0.492. The molecule has 0 amide bonds. The number of furan rings is 1. The van der Waals surface area contributed by atoms with Gasteiger partial charge in [-0.25, -0.2) is 4.79 Å². The Bertz CT molecular complexity index is 782. The quantitative estimate of drug-likeness (QED) is 0.761. The van der Waals surface area contributed by atoms with Gasteiger partial charge in [-0.3, -0.25) is 0 Å². The van der Waals surface area contributed by atoms with Gasteiger partial charge in [0.15, 0.2) is 0 Å². The van der Waals surface area contributed by atoms with Crippen LogP contribution in [0.3, 0.4) is 0 Å². The van der Waals surface area contributed by atoms with Crippen molar-refractivity contribution in [3.05, 3.63) is 41.3 Å². The van der Waals surface area contributed by atoms with Crippen LogP contribution in [0.4, 0.5) is 0 Å². The number of carbonyl (C=O) groups is 1. The number of carboxylic acid groups (broad SMARTS) is 1. The summed E-state index contributed by atoms with van der Waals surface area (Å²) >= 11 is 0. The van der Waals surface area contributed by atoms with Crippen LogP contribution in [0.1, 0.15) is 21.9 Å². The van der Waals surface area contributed by atoms with Gasteiger partial charge in [-0.2, -0.15) is 0 Å². The maximum Gasteiger partial charge on any atom is 0.374 e. The van der Waals surface area contributed by atoms with E-state index in [1.807, 2.05) is 32.0 Å². The number of aryl methyl sites for hydroxylation is 2. The number of aromatic carboxylic acids is 1. The molecule has 1 N–H and O–H groups in total. The molecule has 3 aromatic rings. The molecule has 0 aliphatic heterocycles. The van der Waals surface area contributed by atoms with Crippen LogP contribution in [0.2, 0.25) is 0 Å². The molecule has 0 saturated heterocycles. The molecule has 0 radical (unpaired) electrons. The van der Waals surface area contributed by atoms with Crippen molar-refractivity contribution < 1.29 is 18.8 Å². The Morgan fingerprint density at radius 3 is 2.79 bits per heavy atom. The van der Waals surface area contributed by atoms with Crippen LogP contribution in [0, 0.1) is 13.8 Å². The van der Waals surface area contributed by atoms with Gasteiger partial charge in [-0.15, -0.1) is 0 Å². The molecule has 0 saturated carbocycles. The predicted octanol–water partition coefficient (Wildman–Crippen LogP) is 3.40. The molecule has 5 heteroatoms. The summed E-state index contributed by atoms with van der Waals surface area (Å²) in [5.41, 5.74) is 2.95. The number of carboxylic acids is 1. The molecule has 0 atom stereocenters. The summed E-state index contributed by atoms with van der Waals surface area (Å²) in [6.07, 6.45) is 0. The van der Waals surface area contributed by atoms with E-state index in [0.29, 0.717) is 11.3 Å². The lowest BCUT2D eigenvalue weighted by atomic mass is 10.1. The molecule has 0 aliphatic rings. The van der Waals surface area contributed by atoms with E-state index in [-0.39, 0.29) is 5.76 Å². The first kappa shape index (κ1) is 11.5. The molecule has 0 aliphatic carbocycles. The Balaban J connectivity index is 2.24. The minimum absolute atomic E-state index is 0.188. The van der Waals surface area contributed by atoms with Crippen LogP contribution >= 0.6 is 0 Å². The molecule has 19 heavy (non-hydrogen) atoms. The zero-order valence-corrected chi connectivity index (χ0v) is 10.4. The van der Waals surface area contributed by atoms with Crippen LogP contribution in [-0.2, 0) is 0 Å². The molecule has 2 heterocycles. The van der Waals surface area contributed by atoms with Gasteiger partial charge in [0.25, 0.3) is 0 Å². The predicted molar refractivity (Wildman–Crippen MR) is 68.1 cm³/mol. The lowest BCUT2D eigenvalue weighted by molar-refractivity contribution is 0.0652. The molecule has 0 bridgehead atoms. The topological polar surface area (TPSA) is 76.5 Å². The third-order valence-electron chi connectivity index (χ3n) is 3.20. The average Bonchev–Trinajstić information content (AvgIpc) is 2.96. The van der Waals surface area contributed by atoms with Gasteiger partial charge >= 0.3 is 5.97 Å². The Morgan fingerprint density at radius 1 is 1.32 bits per heavy atom. The summed E-state index contributed by atoms with van der Waals surface area (Å²) in [7, 11) is 0. The molecule has 0 spiro atoms. The second kappa shape index (κ2) is 3.98. The fraction of sp³-hybridized carbons (Fsp3) is 0.143. The van der Waals surface area contributed by atoms with Gasteiger partial charge in [0, 0.05) is 17.0 Å². The van der Waals surface area contributed by atoms with Gasteiger partial charge in [0.2, 0.25) is 5.76 Å². The first-order chi connectivity index (χ1) is 9.08. The van der Waals surface area contributed by atoms with E-state index in [9.17, 15) is 4.79 Å². The Labute approximate surface area is 108 Å². The van der Waals surface area contributed by atoms with Crippen molar-refractivity contribution in [3.63, 3.8) is 0 Å². The van der Waals surface area contributed by atoms with Crippen molar-refractivity contribution in [1.29, 1.82) is 0 Å². The van der Waals surface area contributed by atoms with E-state index in [1.54, 1.807) is 0 Å². The lowest BCUT2D eigenvalue weighted by Crippen LogP contribution is -1.91. The number of rotatable bonds is 2. The zero-order chi connectivity index (χ0) is 13.6. The molecule has 3 rings (SSSR count). The monoisotopic (exact) mass is 257 g/mol. The fourth-order valence-electron chi connectivity index (χ4n) is 2.07. The van der Waals surface area contributed by atoms with Gasteiger partial charge in [-0.05, 0) is 25.5 Å². The minimum atomic E-state index is -1.14. The molecule has 5 nitrogen and oxygen atoms in total. The van der Waals surface area contributed by atoms with E-state index >= 15 is 0 Å². The van der Waals surface area contributed by atoms with Gasteiger partial charge in [-0.1, -0.05) is 17.3 Å². The largest absolute Gasteiger partial charge is 0.475 e. The highest BCUT2D eigenvalue weighted by atomic mass is 16.5. The molecule has 0 unspecified atom stereocenters. The number of nitrogens with zero attached hydrogens (tertiary/aromatic N) is 1. The van der Waals surface area contributed by atoms with Crippen LogP contribution in [0.25, 0.3) is 22.2 Å². The molecule has 2 aromatic heterocycles. The zero-order valence-electron chi connectivity index (χ0n) is 10.4. The van der Waals surface area contributed by atoms with Crippen molar-refractivity contribution in [1.82, 2.24) is 5.16 Å². The fourth-order valence-corrected chi connectivity index (χ4v) is 2.07. The van der Waals surface area contributed by atoms with Crippen LogP contribution < -0.4 is 0 Å². The van der Waals surface area contributed by atoms with Crippen LogP contribution in [0.15, 0.2) is 33.2 Å². The Kier molecular flexibility index (Phi) is 2.41. The smallest absolute Gasteiger partial charge is 0.374 e. The third-order valence-corrected chi connectivity index (χ3v) is 3.20. The molecule has 0 fully saturated rings. The standard InChI is InChI=1S/C14H11NO4/c1-7-8(2)18-13-9(7)4-3-5-10(13)11-6-12(14(16)17)19-15-11/h3-6H,1-2H3,(H,16,17). The van der Waals surface area contributed by atoms with E-state index in [4.69, 9.17) is 14.0 Å². The molecular formula is C14H11NO4. The highest BCUT2D eigenvalue weighted by Gasteiger charge is 2.17. The highest BCUT2D eigenvalue weighted by Crippen LogP contribution is 2.33. The first-order valence-corrected chi connectivity index (χ1v) is 5.77. The minimum Gasteiger partial charge on any atom is -0.475 e. The van der Waals surface area contributed by atoms with Crippen LogP contribution in [0.5, 0.6) is 0 Å². The van der Waals surface area contributed by atoms with Gasteiger partial charge in [0.05, 0.1) is 0 Å². The second-order valence-corrected chi connectivity index (χ2v) is 4.35. The molecule has 96 valence electrons. The summed E-state index contributed by atoms with van der Waals surface area (Å²) in [6.45, 7) is 3.88. The van der Waals surface area contributed by atoms with Gasteiger partial charge in [0.1, 0.15) is 17.0 Å². The van der Waals surface area contributed by atoms with Crippen molar-refractivity contribution in [2.45, 2.75) is 13.8 Å². The summed E-state index contributed by atoms with van der Waals surface area (Å²) in [6, 6.07) is 7.07. The number of hydrogen-bond donors (Lipinski definition) is 1. The van der Waals surface area contributed by atoms with E-state index in [1.165, 1.54) is 6.07 Å². The number of fused-ring (bicyclic) bond motifs is 1. The number of para-hydroxylation sites is 1. The van der Waals surface area contributed by atoms with Crippen molar-refractivity contribution in [3.8, 4) is 11.3 Å². The van der Waals surface area contributed by atoms with Crippen molar-refractivity contribution >= 4 is 16.9 Å². The maximum atomic E-state index is 10.8. The SMILES string of the molecule is Cc1oc2c(-c3cc(C(=O)O)on3)cccc2c1C. The Hall–Kier alpha value is -2.56. The van der Waals surface area contributed by atoms with Gasteiger partial charge < -0.3 is 14.0 Å². The molecular weight excluding hydrogens is 246 g/mol. The van der Waals surface area contributed by atoms with E-state index in [2.05, 4.69) is 5.16 Å². The molecule has 1 aromatic carbocycles. The average molecular weight is 257 g/mol. The third kappa shape index (κ3) is 1.71. The Morgan fingerprint density at radius 2 is 2.11 bits per heavy atom. The van der Waals surface area contributed by atoms with Crippen molar-refractivity contribution in [2.24, 2.45) is 0 Å². The summed E-state index contributed by atoms with van der Waals surface area (Å²) < 4.78 is 10.5. The van der Waals surface area contributed by atoms with E-state index in [0.717, 1.165) is 22.3 Å². The number of benzene rings is 1. The normalized spacial score (nSPS) is 11.1. The van der Waals surface area contributed by atoms with Crippen molar-refractivity contribution in [2.75, 3.05) is 0 Å². The van der Waals surface area contributed by atoms with Crippen LogP contribution in [-0.4, -0.2) is 16.2 Å². The van der Waals surface area contributed by atoms with E-state index < -0.39 is 5.97 Å². The maximum absolute atomic E-state index is 10.8. The first-order valence-electron chi connectivity index (χ1n) is 5.77. The number of aromatic nitrogens is 1. The summed E-state index contributed by atoms with van der Waals surface area (Å²) in [4.78, 5) is 10.8. The second-order valence-electron chi connectivity index (χ2n) is 4.35. The lowest BCUT2D eigenvalue weighted by Gasteiger charge is -1.96. The number of hydrogen-bond acceptors (Lipinski definition) is 4. The highest BCUT2D eigenvalue weighted by molar-refractivity contribution is 5.95. The summed E-state index contributed by atoms with van der Waals surface area (Å²) in [5, 5.41) is 13.6.